The number of H-pyrrole nitrogens is 1. The molecule has 10 heteroatoms. The highest BCUT2D eigenvalue weighted by Crippen LogP contribution is 2.35. The molecule has 0 fully saturated rings. The summed E-state index contributed by atoms with van der Waals surface area (Å²) < 4.78 is 51.5. The Morgan fingerprint density at radius 1 is 1.14 bits per heavy atom. The van der Waals surface area contributed by atoms with Crippen LogP contribution in [0, 0.1) is 5.82 Å². The molecule has 29 heavy (non-hydrogen) atoms. The summed E-state index contributed by atoms with van der Waals surface area (Å²) in [5.74, 6) is -0.736. The fourth-order valence-electron chi connectivity index (χ4n) is 3.12. The van der Waals surface area contributed by atoms with Crippen molar-refractivity contribution in [2.24, 2.45) is 0 Å². The number of nitrogens with one attached hydrogen (secondary N) is 1. The lowest BCUT2D eigenvalue weighted by molar-refractivity contribution is -0.134. The highest BCUT2D eigenvalue weighted by Gasteiger charge is 2.34. The summed E-state index contributed by atoms with van der Waals surface area (Å²) in [7, 11) is 0. The van der Waals surface area contributed by atoms with E-state index in [0.717, 1.165) is 12.1 Å². The third-order valence-electron chi connectivity index (χ3n) is 4.57. The molecule has 4 rings (SSSR count). The minimum absolute atomic E-state index is 0.00549. The van der Waals surface area contributed by atoms with Crippen molar-refractivity contribution in [1.82, 2.24) is 14.9 Å². The van der Waals surface area contributed by atoms with Gasteiger partial charge in [0.25, 0.3) is 11.5 Å². The molecule has 0 spiro atoms. The van der Waals surface area contributed by atoms with Gasteiger partial charge < -0.3 is 9.88 Å². The standard InChI is InChI=1S/C19H13F4N3O2S/c20-11-3-1-10(2-4-11)16-24-13-9-26(8-7-12(13)17(27)25-16)18(28)14-5-6-15(29-14)19(21,22)23/h1-6H,7-9H2,(H,24,25,27). The molecule has 2 aromatic heterocycles. The van der Waals surface area contributed by atoms with Crippen molar-refractivity contribution in [1.29, 1.82) is 0 Å². The smallest absolute Gasteiger partial charge is 0.332 e. The van der Waals surface area contributed by atoms with Gasteiger partial charge >= 0.3 is 6.18 Å². The van der Waals surface area contributed by atoms with Crippen LogP contribution in [0.3, 0.4) is 0 Å². The second-order valence-electron chi connectivity index (χ2n) is 6.49. The Morgan fingerprint density at radius 2 is 1.86 bits per heavy atom. The van der Waals surface area contributed by atoms with Gasteiger partial charge in [-0.1, -0.05) is 0 Å². The molecule has 0 atom stereocenters. The number of aromatic amines is 1. The first kappa shape index (κ1) is 19.3. The average molecular weight is 423 g/mol. The van der Waals surface area contributed by atoms with E-state index in [4.69, 9.17) is 0 Å². The monoisotopic (exact) mass is 423 g/mol. The van der Waals surface area contributed by atoms with Crippen LogP contribution in [0.4, 0.5) is 17.6 Å². The second-order valence-corrected chi connectivity index (χ2v) is 7.57. The third kappa shape index (κ3) is 3.80. The molecule has 0 saturated carbocycles. The number of alkyl halides is 3. The van der Waals surface area contributed by atoms with Crippen LogP contribution in [0.5, 0.6) is 0 Å². The van der Waals surface area contributed by atoms with Gasteiger partial charge in [0.2, 0.25) is 0 Å². The molecule has 0 saturated heterocycles. The van der Waals surface area contributed by atoms with Crippen LogP contribution in [0.25, 0.3) is 11.4 Å². The number of carbonyl (C=O) groups is 1. The number of fused-ring (bicyclic) bond motifs is 1. The summed E-state index contributed by atoms with van der Waals surface area (Å²) in [6.07, 6.45) is -4.26. The Labute approximate surface area is 165 Å². The molecule has 3 aromatic rings. The number of aromatic nitrogens is 2. The minimum atomic E-state index is -4.50. The largest absolute Gasteiger partial charge is 0.425 e. The summed E-state index contributed by atoms with van der Waals surface area (Å²) >= 11 is 0.387. The molecule has 5 nitrogen and oxygen atoms in total. The molecule has 0 unspecified atom stereocenters. The fraction of sp³-hybridized carbons (Fsp3) is 0.211. The molecule has 1 N–H and O–H groups in total. The van der Waals surface area contributed by atoms with Crippen molar-refractivity contribution >= 4 is 17.2 Å². The Bertz CT molecular complexity index is 1140. The van der Waals surface area contributed by atoms with E-state index in [2.05, 4.69) is 9.97 Å². The van der Waals surface area contributed by atoms with Gasteiger partial charge in [-0.25, -0.2) is 9.37 Å². The molecule has 150 valence electrons. The van der Waals surface area contributed by atoms with Crippen LogP contribution in [0.15, 0.2) is 41.2 Å². The van der Waals surface area contributed by atoms with E-state index < -0.39 is 22.8 Å². The van der Waals surface area contributed by atoms with E-state index in [1.54, 1.807) is 0 Å². The third-order valence-corrected chi connectivity index (χ3v) is 5.69. The maximum absolute atomic E-state index is 13.1. The summed E-state index contributed by atoms with van der Waals surface area (Å²) in [5, 5.41) is 0. The van der Waals surface area contributed by atoms with Gasteiger partial charge in [-0.05, 0) is 42.8 Å². The zero-order chi connectivity index (χ0) is 20.8. The van der Waals surface area contributed by atoms with Gasteiger partial charge in [0.05, 0.1) is 17.1 Å². The van der Waals surface area contributed by atoms with E-state index in [-0.39, 0.29) is 35.8 Å². The predicted octanol–water partition coefficient (Wildman–Crippen LogP) is 3.85. The van der Waals surface area contributed by atoms with Crippen LogP contribution in [-0.4, -0.2) is 27.3 Å². The normalized spacial score (nSPS) is 14.0. The Kier molecular flexibility index (Phi) is 4.73. The first-order valence-corrected chi connectivity index (χ1v) is 9.38. The SMILES string of the molecule is O=C(c1ccc(C(F)(F)F)s1)N1CCc2c(nc(-c3ccc(F)cc3)[nH]c2=O)C1. The molecule has 0 bridgehead atoms. The number of nitrogens with zero attached hydrogens (tertiary/aromatic N) is 2. The van der Waals surface area contributed by atoms with Crippen molar-refractivity contribution < 1.29 is 22.4 Å². The van der Waals surface area contributed by atoms with E-state index in [0.29, 0.717) is 28.2 Å². The van der Waals surface area contributed by atoms with Crippen molar-refractivity contribution in [3.8, 4) is 11.4 Å². The first-order valence-electron chi connectivity index (χ1n) is 8.56. The average Bonchev–Trinajstić information content (AvgIpc) is 3.18. The number of amides is 1. The van der Waals surface area contributed by atoms with Gasteiger partial charge in [-0.3, -0.25) is 9.59 Å². The van der Waals surface area contributed by atoms with Crippen molar-refractivity contribution in [2.45, 2.75) is 19.1 Å². The van der Waals surface area contributed by atoms with Crippen LogP contribution in [0.1, 0.15) is 25.8 Å². The van der Waals surface area contributed by atoms with Gasteiger partial charge in [0.1, 0.15) is 16.5 Å². The molecular weight excluding hydrogens is 410 g/mol. The number of hydrogen-bond acceptors (Lipinski definition) is 4. The minimum Gasteiger partial charge on any atom is -0.332 e. The number of carbonyl (C=O) groups excluding carboxylic acids is 1. The van der Waals surface area contributed by atoms with Crippen molar-refractivity contribution in [3.63, 3.8) is 0 Å². The van der Waals surface area contributed by atoms with E-state index in [9.17, 15) is 27.2 Å². The molecular formula is C19H13F4N3O2S. The number of rotatable bonds is 2. The molecule has 3 heterocycles. The number of hydrogen-bond donors (Lipinski definition) is 1. The highest BCUT2D eigenvalue weighted by molar-refractivity contribution is 7.14. The van der Waals surface area contributed by atoms with Gasteiger partial charge in [-0.15, -0.1) is 11.3 Å². The second kappa shape index (κ2) is 7.11. The van der Waals surface area contributed by atoms with Gasteiger partial charge in [-0.2, -0.15) is 13.2 Å². The summed E-state index contributed by atoms with van der Waals surface area (Å²) in [4.78, 5) is 32.6. The molecule has 1 aliphatic heterocycles. The molecule has 1 aromatic carbocycles. The van der Waals surface area contributed by atoms with E-state index >= 15 is 0 Å². The lowest BCUT2D eigenvalue weighted by Crippen LogP contribution is -2.39. The molecule has 1 amide bonds. The lowest BCUT2D eigenvalue weighted by Gasteiger charge is -2.27. The van der Waals surface area contributed by atoms with Gasteiger partial charge in [0, 0.05) is 17.7 Å². The van der Waals surface area contributed by atoms with Crippen LogP contribution < -0.4 is 5.56 Å². The Hall–Kier alpha value is -3.01. The maximum atomic E-state index is 13.1. The predicted molar refractivity (Wildman–Crippen MR) is 98.0 cm³/mol. The van der Waals surface area contributed by atoms with Crippen molar-refractivity contribution in [2.75, 3.05) is 6.54 Å². The Morgan fingerprint density at radius 3 is 2.52 bits per heavy atom. The molecule has 0 aliphatic carbocycles. The molecule has 1 aliphatic rings. The fourth-order valence-corrected chi connectivity index (χ4v) is 3.96. The number of benzene rings is 1. The number of thiophene rings is 1. The van der Waals surface area contributed by atoms with E-state index in [1.807, 2.05) is 0 Å². The van der Waals surface area contributed by atoms with Crippen LogP contribution >= 0.6 is 11.3 Å². The van der Waals surface area contributed by atoms with E-state index in [1.165, 1.54) is 29.2 Å². The highest BCUT2D eigenvalue weighted by atomic mass is 32.1. The van der Waals surface area contributed by atoms with Crippen LogP contribution in [-0.2, 0) is 19.1 Å². The van der Waals surface area contributed by atoms with Gasteiger partial charge in [0.15, 0.2) is 0 Å². The zero-order valence-electron chi connectivity index (χ0n) is 14.7. The Balaban J connectivity index is 1.62. The molecule has 0 radical (unpaired) electrons. The summed E-state index contributed by atoms with van der Waals surface area (Å²) in [6.45, 7) is 0.206. The number of halogens is 4. The first-order chi connectivity index (χ1) is 13.7. The topological polar surface area (TPSA) is 66.1 Å². The van der Waals surface area contributed by atoms with Crippen molar-refractivity contribution in [3.05, 3.63) is 73.6 Å². The maximum Gasteiger partial charge on any atom is 0.425 e. The lowest BCUT2D eigenvalue weighted by atomic mass is 10.1. The summed E-state index contributed by atoms with van der Waals surface area (Å²) in [6, 6.07) is 7.44. The van der Waals surface area contributed by atoms with Crippen LogP contribution in [0.2, 0.25) is 0 Å². The zero-order valence-corrected chi connectivity index (χ0v) is 15.5. The quantitative estimate of drug-likeness (QED) is 0.637. The summed E-state index contributed by atoms with van der Waals surface area (Å²) in [5.41, 5.74) is 0.960.